The van der Waals surface area contributed by atoms with E-state index in [4.69, 9.17) is 11.6 Å². The lowest BCUT2D eigenvalue weighted by Gasteiger charge is -2.27. The minimum Gasteiger partial charge on any atom is -0.381 e. The lowest BCUT2D eigenvalue weighted by Crippen LogP contribution is -2.29. The molecule has 20 heavy (non-hydrogen) atoms. The van der Waals surface area contributed by atoms with Crippen molar-refractivity contribution in [2.45, 2.75) is 31.8 Å². The van der Waals surface area contributed by atoms with Crippen molar-refractivity contribution in [1.29, 1.82) is 0 Å². The predicted octanol–water partition coefficient (Wildman–Crippen LogP) is 2.91. The zero-order valence-electron chi connectivity index (χ0n) is 11.1. The summed E-state index contributed by atoms with van der Waals surface area (Å²) in [4.78, 5) is 12.0. The Morgan fingerprint density at radius 2 is 2.05 bits per heavy atom. The summed E-state index contributed by atoms with van der Waals surface area (Å²) in [6.07, 6.45) is 5.33. The third kappa shape index (κ3) is 3.02. The molecule has 0 radical (unpaired) electrons. The zero-order valence-corrected chi connectivity index (χ0v) is 11.8. The summed E-state index contributed by atoms with van der Waals surface area (Å²) >= 11 is 5.84. The van der Waals surface area contributed by atoms with E-state index in [1.54, 1.807) is 12.3 Å². The van der Waals surface area contributed by atoms with Gasteiger partial charge in [-0.3, -0.25) is 4.79 Å². The second-order valence-electron chi connectivity index (χ2n) is 5.14. The number of benzene rings is 1. The summed E-state index contributed by atoms with van der Waals surface area (Å²) in [6, 6.07) is 9.54. The molecule has 0 unspecified atom stereocenters. The average Bonchev–Trinajstić information content (AvgIpc) is 2.39. The van der Waals surface area contributed by atoms with Gasteiger partial charge >= 0.3 is 0 Å². The number of hydrogen-bond donors (Lipinski definition) is 1. The van der Waals surface area contributed by atoms with Crippen molar-refractivity contribution in [3.63, 3.8) is 0 Å². The molecule has 4 nitrogen and oxygen atoms in total. The first-order valence-corrected chi connectivity index (χ1v) is 7.17. The van der Waals surface area contributed by atoms with Crippen LogP contribution < -0.4 is 10.9 Å². The minimum atomic E-state index is -0.0933. The Balaban J connectivity index is 1.73. The predicted molar refractivity (Wildman–Crippen MR) is 80.3 cm³/mol. The maximum atomic E-state index is 12.0. The van der Waals surface area contributed by atoms with Crippen LogP contribution in [0.5, 0.6) is 0 Å². The van der Waals surface area contributed by atoms with E-state index in [2.05, 4.69) is 10.4 Å². The van der Waals surface area contributed by atoms with Gasteiger partial charge in [0.1, 0.15) is 0 Å². The molecule has 1 heterocycles. The van der Waals surface area contributed by atoms with Crippen molar-refractivity contribution in [3.8, 4) is 0 Å². The Morgan fingerprint density at radius 1 is 1.30 bits per heavy atom. The molecule has 0 spiro atoms. The molecule has 1 saturated carbocycles. The van der Waals surface area contributed by atoms with Crippen molar-refractivity contribution in [2.75, 3.05) is 5.32 Å². The molecular formula is C15H16ClN3O. The zero-order chi connectivity index (χ0) is 13.9. The van der Waals surface area contributed by atoms with Crippen molar-refractivity contribution >= 4 is 17.3 Å². The van der Waals surface area contributed by atoms with Crippen LogP contribution in [0.2, 0.25) is 5.02 Å². The molecule has 0 bridgehead atoms. The first-order valence-electron chi connectivity index (χ1n) is 6.79. The van der Waals surface area contributed by atoms with Gasteiger partial charge in [-0.25, -0.2) is 4.68 Å². The summed E-state index contributed by atoms with van der Waals surface area (Å²) in [7, 11) is 0. The lowest BCUT2D eigenvalue weighted by molar-refractivity contribution is 0.445. The summed E-state index contributed by atoms with van der Waals surface area (Å²) in [5.41, 5.74) is 1.72. The molecule has 2 aromatic rings. The van der Waals surface area contributed by atoms with Crippen LogP contribution in [0.3, 0.4) is 0 Å². The summed E-state index contributed by atoms with van der Waals surface area (Å²) < 4.78 is 1.45. The molecule has 1 aromatic carbocycles. The van der Waals surface area contributed by atoms with E-state index in [0.29, 0.717) is 17.6 Å². The van der Waals surface area contributed by atoms with E-state index in [9.17, 15) is 4.79 Å². The SMILES string of the molecule is O=c1cc(NC2CCC2)cnn1Cc1ccc(Cl)cc1. The van der Waals surface area contributed by atoms with Crippen LogP contribution in [0.1, 0.15) is 24.8 Å². The minimum absolute atomic E-state index is 0.0933. The van der Waals surface area contributed by atoms with Gasteiger partial charge in [0.25, 0.3) is 5.56 Å². The molecule has 104 valence electrons. The number of nitrogens with zero attached hydrogens (tertiary/aromatic N) is 2. The Kier molecular flexibility index (Phi) is 3.74. The van der Waals surface area contributed by atoms with Gasteiger partial charge in [-0.15, -0.1) is 0 Å². The van der Waals surface area contributed by atoms with Crippen molar-refractivity contribution in [3.05, 3.63) is 57.5 Å². The number of anilines is 1. The summed E-state index contributed by atoms with van der Waals surface area (Å²) in [5, 5.41) is 8.23. The van der Waals surface area contributed by atoms with Crippen molar-refractivity contribution in [1.82, 2.24) is 9.78 Å². The van der Waals surface area contributed by atoms with Gasteiger partial charge in [0.15, 0.2) is 0 Å². The number of hydrogen-bond acceptors (Lipinski definition) is 3. The van der Waals surface area contributed by atoms with E-state index >= 15 is 0 Å². The maximum Gasteiger partial charge on any atom is 0.269 e. The molecule has 0 amide bonds. The van der Waals surface area contributed by atoms with Crippen LogP contribution in [0.25, 0.3) is 0 Å². The highest BCUT2D eigenvalue weighted by molar-refractivity contribution is 6.30. The van der Waals surface area contributed by atoms with E-state index < -0.39 is 0 Å². The van der Waals surface area contributed by atoms with Crippen LogP contribution in [0.4, 0.5) is 5.69 Å². The highest BCUT2D eigenvalue weighted by Gasteiger charge is 2.17. The topological polar surface area (TPSA) is 46.9 Å². The van der Waals surface area contributed by atoms with Gasteiger partial charge in [-0.2, -0.15) is 5.10 Å². The number of rotatable bonds is 4. The molecule has 1 aliphatic rings. The highest BCUT2D eigenvalue weighted by atomic mass is 35.5. The Bertz CT molecular complexity index is 647. The van der Waals surface area contributed by atoms with Crippen LogP contribution >= 0.6 is 11.6 Å². The lowest BCUT2D eigenvalue weighted by atomic mass is 9.93. The molecule has 1 N–H and O–H groups in total. The number of aromatic nitrogens is 2. The van der Waals surface area contributed by atoms with E-state index in [1.807, 2.05) is 24.3 Å². The van der Waals surface area contributed by atoms with Gasteiger partial charge in [-0.05, 0) is 37.0 Å². The van der Waals surface area contributed by atoms with Crippen LogP contribution in [-0.4, -0.2) is 15.8 Å². The van der Waals surface area contributed by atoms with Crippen LogP contribution in [-0.2, 0) is 6.54 Å². The van der Waals surface area contributed by atoms with Crippen LogP contribution in [0, 0.1) is 0 Å². The fourth-order valence-corrected chi connectivity index (χ4v) is 2.31. The van der Waals surface area contributed by atoms with Gasteiger partial charge < -0.3 is 5.32 Å². The molecule has 3 rings (SSSR count). The van der Waals surface area contributed by atoms with Gasteiger partial charge in [0.05, 0.1) is 18.4 Å². The molecule has 1 fully saturated rings. The summed E-state index contributed by atoms with van der Waals surface area (Å²) in [5.74, 6) is 0. The standard InChI is InChI=1S/C15H16ClN3O/c16-12-6-4-11(5-7-12)10-19-15(20)8-14(9-17-19)18-13-2-1-3-13/h4-9,13,18H,1-3,10H2. The van der Waals surface area contributed by atoms with E-state index in [0.717, 1.165) is 11.3 Å². The normalized spacial score (nSPS) is 14.8. The molecule has 0 saturated heterocycles. The largest absolute Gasteiger partial charge is 0.381 e. The first-order chi connectivity index (χ1) is 9.70. The monoisotopic (exact) mass is 289 g/mol. The Morgan fingerprint density at radius 3 is 2.65 bits per heavy atom. The third-order valence-electron chi connectivity index (χ3n) is 3.59. The van der Waals surface area contributed by atoms with E-state index in [1.165, 1.54) is 23.9 Å². The van der Waals surface area contributed by atoms with Crippen molar-refractivity contribution in [2.24, 2.45) is 0 Å². The molecule has 1 aliphatic carbocycles. The van der Waals surface area contributed by atoms with Gasteiger partial charge in [-0.1, -0.05) is 23.7 Å². The molecule has 5 heteroatoms. The second-order valence-corrected chi connectivity index (χ2v) is 5.58. The fourth-order valence-electron chi connectivity index (χ4n) is 2.18. The van der Waals surface area contributed by atoms with Crippen molar-refractivity contribution < 1.29 is 0 Å². The van der Waals surface area contributed by atoms with Gasteiger partial charge in [0, 0.05) is 17.1 Å². The second kappa shape index (κ2) is 5.67. The average molecular weight is 290 g/mol. The molecule has 1 aromatic heterocycles. The molecule has 0 aliphatic heterocycles. The number of halogens is 1. The van der Waals surface area contributed by atoms with E-state index in [-0.39, 0.29) is 5.56 Å². The Hall–Kier alpha value is -1.81. The maximum absolute atomic E-state index is 12.0. The first kappa shape index (κ1) is 13.2. The number of nitrogens with one attached hydrogen (secondary N) is 1. The molecular weight excluding hydrogens is 274 g/mol. The van der Waals surface area contributed by atoms with Crippen LogP contribution in [0.15, 0.2) is 41.3 Å². The fraction of sp³-hybridized carbons (Fsp3) is 0.333. The quantitative estimate of drug-likeness (QED) is 0.941. The summed E-state index contributed by atoms with van der Waals surface area (Å²) in [6.45, 7) is 0.458. The smallest absolute Gasteiger partial charge is 0.269 e. The Labute approximate surface area is 122 Å². The molecule has 0 atom stereocenters. The highest BCUT2D eigenvalue weighted by Crippen LogP contribution is 2.22. The van der Waals surface area contributed by atoms with Gasteiger partial charge in [0.2, 0.25) is 0 Å². The third-order valence-corrected chi connectivity index (χ3v) is 3.84.